The lowest BCUT2D eigenvalue weighted by Crippen LogP contribution is -2.52. The smallest absolute Gasteiger partial charge is 0.326 e. The third kappa shape index (κ3) is 3.86. The number of aliphatic hydroxyl groups excluding tert-OH is 1. The van der Waals surface area contributed by atoms with Gasteiger partial charge in [0.25, 0.3) is 0 Å². The maximum atomic E-state index is 12.1. The van der Waals surface area contributed by atoms with Gasteiger partial charge in [0.05, 0.1) is 7.11 Å². The Labute approximate surface area is 119 Å². The number of carbonyl (C=O) groups is 1. The molecule has 19 heavy (non-hydrogen) atoms. The molecule has 3 atom stereocenters. The minimum Gasteiger partial charge on any atom is -0.468 e. The predicted molar refractivity (Wildman–Crippen MR) is 77.3 cm³/mol. The zero-order valence-electron chi connectivity index (χ0n) is 11.9. The molecule has 2 rings (SSSR count). The summed E-state index contributed by atoms with van der Waals surface area (Å²) in [5, 5.41) is 13.4. The lowest BCUT2D eigenvalue weighted by atomic mass is 9.97. The molecular weight excluding hydrogens is 262 g/mol. The summed E-state index contributed by atoms with van der Waals surface area (Å²) < 4.78 is 5.02. The number of ether oxygens (including phenoxy) is 1. The first-order valence-corrected chi connectivity index (χ1v) is 8.16. The van der Waals surface area contributed by atoms with Gasteiger partial charge in [0.15, 0.2) is 0 Å². The van der Waals surface area contributed by atoms with E-state index in [1.807, 2.05) is 11.8 Å². The molecule has 0 spiro atoms. The van der Waals surface area contributed by atoms with E-state index in [-0.39, 0.29) is 12.6 Å². The Kier molecular flexibility index (Phi) is 5.15. The molecule has 0 aliphatic heterocycles. The van der Waals surface area contributed by atoms with Gasteiger partial charge in [-0.1, -0.05) is 6.92 Å². The molecular formula is C14H25NO3S. The predicted octanol–water partition coefficient (Wildman–Crippen LogP) is 1.71. The molecule has 3 unspecified atom stereocenters. The van der Waals surface area contributed by atoms with Gasteiger partial charge in [-0.05, 0) is 38.5 Å². The molecule has 5 heteroatoms. The zero-order chi connectivity index (χ0) is 13.9. The minimum atomic E-state index is -0.452. The summed E-state index contributed by atoms with van der Waals surface area (Å²) in [6.07, 6.45) is 5.96. The van der Waals surface area contributed by atoms with Crippen LogP contribution in [-0.2, 0) is 9.53 Å². The maximum Gasteiger partial charge on any atom is 0.326 e. The molecule has 2 aliphatic rings. The first-order chi connectivity index (χ1) is 9.09. The fourth-order valence-corrected chi connectivity index (χ4v) is 4.42. The highest BCUT2D eigenvalue weighted by atomic mass is 32.2. The second-order valence-corrected chi connectivity index (χ2v) is 7.56. The first-order valence-electron chi connectivity index (χ1n) is 7.22. The third-order valence-electron chi connectivity index (χ3n) is 4.06. The van der Waals surface area contributed by atoms with Gasteiger partial charge < -0.3 is 9.84 Å². The minimum absolute atomic E-state index is 0.0997. The van der Waals surface area contributed by atoms with Crippen molar-refractivity contribution in [3.05, 3.63) is 0 Å². The van der Waals surface area contributed by atoms with Gasteiger partial charge in [-0.3, -0.25) is 10.1 Å². The number of aliphatic hydroxyl groups is 1. The summed E-state index contributed by atoms with van der Waals surface area (Å²) in [5.74, 6) is -0.0997. The molecule has 2 N–H and O–H groups in total. The highest BCUT2D eigenvalue weighted by Gasteiger charge is 2.49. The molecule has 0 radical (unpaired) electrons. The zero-order valence-corrected chi connectivity index (χ0v) is 12.7. The van der Waals surface area contributed by atoms with Crippen molar-refractivity contribution in [3.63, 3.8) is 0 Å². The van der Waals surface area contributed by atoms with Gasteiger partial charge in [-0.15, -0.1) is 0 Å². The molecule has 0 aromatic heterocycles. The number of hydrogen-bond acceptors (Lipinski definition) is 5. The van der Waals surface area contributed by atoms with Crippen molar-refractivity contribution in [2.24, 2.45) is 0 Å². The van der Waals surface area contributed by atoms with Crippen LogP contribution in [0.1, 0.15) is 45.4 Å². The van der Waals surface area contributed by atoms with Crippen molar-refractivity contribution >= 4 is 17.7 Å². The monoisotopic (exact) mass is 287 g/mol. The van der Waals surface area contributed by atoms with E-state index in [2.05, 4.69) is 12.2 Å². The van der Waals surface area contributed by atoms with Crippen LogP contribution in [0.5, 0.6) is 0 Å². The molecule has 0 bridgehead atoms. The van der Waals surface area contributed by atoms with Crippen LogP contribution in [0.15, 0.2) is 0 Å². The highest BCUT2D eigenvalue weighted by molar-refractivity contribution is 8.00. The number of thioether (sulfide) groups is 1. The van der Waals surface area contributed by atoms with E-state index in [9.17, 15) is 4.79 Å². The fourth-order valence-electron chi connectivity index (χ4n) is 2.88. The van der Waals surface area contributed by atoms with E-state index in [1.165, 1.54) is 20.0 Å². The lowest BCUT2D eigenvalue weighted by molar-refractivity contribution is -0.148. The van der Waals surface area contributed by atoms with Crippen molar-refractivity contribution in [2.75, 3.05) is 13.7 Å². The van der Waals surface area contributed by atoms with E-state index in [4.69, 9.17) is 9.84 Å². The highest BCUT2D eigenvalue weighted by Crippen LogP contribution is 2.41. The van der Waals surface area contributed by atoms with Crippen LogP contribution in [0.3, 0.4) is 0 Å². The fraction of sp³-hybridized carbons (Fsp3) is 0.929. The van der Waals surface area contributed by atoms with Crippen LogP contribution >= 0.6 is 11.8 Å². The maximum absolute atomic E-state index is 12.1. The van der Waals surface area contributed by atoms with Crippen molar-refractivity contribution in [2.45, 2.75) is 67.5 Å². The number of carbonyl (C=O) groups excluding carboxylic acids is 1. The van der Waals surface area contributed by atoms with E-state index < -0.39 is 5.54 Å². The first kappa shape index (κ1) is 15.1. The van der Waals surface area contributed by atoms with Gasteiger partial charge >= 0.3 is 5.97 Å². The molecule has 0 heterocycles. The molecule has 2 aliphatic carbocycles. The summed E-state index contributed by atoms with van der Waals surface area (Å²) in [7, 11) is 1.48. The normalized spacial score (nSPS) is 32.3. The number of nitrogens with one attached hydrogen (secondary N) is 1. The molecule has 2 saturated carbocycles. The van der Waals surface area contributed by atoms with E-state index in [1.54, 1.807) is 0 Å². The Morgan fingerprint density at radius 3 is 2.84 bits per heavy atom. The molecule has 0 aromatic carbocycles. The molecule has 0 saturated heterocycles. The van der Waals surface area contributed by atoms with Crippen molar-refractivity contribution in [1.29, 1.82) is 0 Å². The number of rotatable bonds is 7. The Morgan fingerprint density at radius 1 is 1.53 bits per heavy atom. The SMILES string of the molecule is COC(=O)C1(NC2CC2)CCC(SC(C)CCO)C1. The third-order valence-corrected chi connectivity index (χ3v) is 5.55. The largest absolute Gasteiger partial charge is 0.468 e. The molecule has 0 aromatic rings. The van der Waals surface area contributed by atoms with Crippen molar-refractivity contribution in [3.8, 4) is 0 Å². The standard InChI is InChI=1S/C14H25NO3S/c1-10(6-8-16)19-12-5-7-14(9-12,13(17)18-2)15-11-3-4-11/h10-12,15-16H,3-9H2,1-2H3. The molecule has 4 nitrogen and oxygen atoms in total. The summed E-state index contributed by atoms with van der Waals surface area (Å²) in [5.41, 5.74) is -0.452. The number of esters is 1. The van der Waals surface area contributed by atoms with Crippen LogP contribution < -0.4 is 5.32 Å². The Bertz CT molecular complexity index is 322. The van der Waals surface area contributed by atoms with Crippen LogP contribution in [-0.4, -0.2) is 46.9 Å². The van der Waals surface area contributed by atoms with E-state index in [0.717, 1.165) is 25.7 Å². The van der Waals surface area contributed by atoms with Crippen LogP contribution in [0.25, 0.3) is 0 Å². The quantitative estimate of drug-likeness (QED) is 0.698. The topological polar surface area (TPSA) is 58.6 Å². The van der Waals surface area contributed by atoms with Gasteiger partial charge in [0, 0.05) is 23.1 Å². The van der Waals surface area contributed by atoms with Crippen LogP contribution in [0, 0.1) is 0 Å². The van der Waals surface area contributed by atoms with E-state index >= 15 is 0 Å². The summed E-state index contributed by atoms with van der Waals surface area (Å²) >= 11 is 1.90. The molecule has 2 fully saturated rings. The van der Waals surface area contributed by atoms with Crippen LogP contribution in [0.4, 0.5) is 0 Å². The Balaban J connectivity index is 1.92. The summed E-state index contributed by atoms with van der Waals surface area (Å²) in [6.45, 7) is 2.39. The Hall–Kier alpha value is -0.260. The Morgan fingerprint density at radius 2 is 2.26 bits per heavy atom. The molecule has 0 amide bonds. The average molecular weight is 287 g/mol. The summed E-state index contributed by atoms with van der Waals surface area (Å²) in [6, 6.07) is 0.512. The van der Waals surface area contributed by atoms with E-state index in [0.29, 0.717) is 16.5 Å². The van der Waals surface area contributed by atoms with Crippen molar-refractivity contribution < 1.29 is 14.6 Å². The van der Waals surface area contributed by atoms with Gasteiger partial charge in [0.1, 0.15) is 5.54 Å². The van der Waals surface area contributed by atoms with Gasteiger partial charge in [-0.2, -0.15) is 11.8 Å². The second-order valence-electron chi connectivity index (χ2n) is 5.82. The average Bonchev–Trinajstić information content (AvgIpc) is 3.09. The van der Waals surface area contributed by atoms with Gasteiger partial charge in [0.2, 0.25) is 0 Å². The summed E-state index contributed by atoms with van der Waals surface area (Å²) in [4.78, 5) is 12.1. The number of hydrogen-bond donors (Lipinski definition) is 2. The molecule has 110 valence electrons. The second kappa shape index (κ2) is 6.46. The van der Waals surface area contributed by atoms with Crippen LogP contribution in [0.2, 0.25) is 0 Å². The lowest BCUT2D eigenvalue weighted by Gasteiger charge is -2.28. The van der Waals surface area contributed by atoms with Crippen molar-refractivity contribution in [1.82, 2.24) is 5.32 Å². The number of methoxy groups -OCH3 is 1. The van der Waals surface area contributed by atoms with Gasteiger partial charge in [-0.25, -0.2) is 0 Å².